The van der Waals surface area contributed by atoms with E-state index in [1.54, 1.807) is 0 Å². The molecular weight excluding hydrogens is 743 g/mol. The van der Waals surface area contributed by atoms with Gasteiger partial charge in [-0.2, -0.15) is 0 Å². The molecule has 0 unspecified atom stereocenters. The summed E-state index contributed by atoms with van der Waals surface area (Å²) >= 11 is 0. The van der Waals surface area contributed by atoms with Gasteiger partial charge in [-0.15, -0.1) is 0 Å². The van der Waals surface area contributed by atoms with Gasteiger partial charge >= 0.3 is 0 Å². The molecule has 0 fully saturated rings. The number of anilines is 3. The molecule has 0 saturated carbocycles. The van der Waals surface area contributed by atoms with Crippen LogP contribution in [0.1, 0.15) is 16.7 Å². The van der Waals surface area contributed by atoms with E-state index in [0.29, 0.717) is 0 Å². The van der Waals surface area contributed by atoms with Crippen molar-refractivity contribution in [1.29, 1.82) is 0 Å². The number of aromatic nitrogens is 4. The molecule has 5 nitrogen and oxygen atoms in total. The van der Waals surface area contributed by atoms with Crippen LogP contribution < -0.4 is 4.90 Å². The Bertz CT molecular complexity index is 3600. The van der Waals surface area contributed by atoms with E-state index in [9.17, 15) is 0 Å². The molecule has 0 N–H and O–H groups in total. The highest BCUT2D eigenvalue weighted by Gasteiger charge is 2.48. The predicted octanol–water partition coefficient (Wildman–Crippen LogP) is 13.9. The summed E-state index contributed by atoms with van der Waals surface area (Å²) < 4.78 is 7.35. The first kappa shape index (κ1) is 33.8. The lowest BCUT2D eigenvalue weighted by Gasteiger charge is -2.46. The Hall–Kier alpha value is -8.15. The zero-order chi connectivity index (χ0) is 40.1. The molecule has 13 rings (SSSR count). The third kappa shape index (κ3) is 4.68. The highest BCUT2D eigenvalue weighted by atomic mass is 15.4. The van der Waals surface area contributed by atoms with Gasteiger partial charge in [-0.05, 0) is 83.9 Å². The lowest BCUT2D eigenvalue weighted by molar-refractivity contribution is 0.520. The van der Waals surface area contributed by atoms with Gasteiger partial charge < -0.3 is 9.13 Å². The first-order valence-electron chi connectivity index (χ1n) is 20.9. The zero-order valence-electron chi connectivity index (χ0n) is 33.1. The number of nitrogens with zero attached hydrogens (tertiary/aromatic N) is 5. The number of hydrogen-bond donors (Lipinski definition) is 0. The summed E-state index contributed by atoms with van der Waals surface area (Å²) in [5.74, 6) is 0.862. The molecule has 1 aliphatic heterocycles. The molecule has 4 heterocycles. The molecule has 61 heavy (non-hydrogen) atoms. The minimum atomic E-state index is -0.753. The van der Waals surface area contributed by atoms with Crippen LogP contribution in [0.15, 0.2) is 224 Å². The first-order valence-corrected chi connectivity index (χ1v) is 20.9. The molecule has 0 saturated heterocycles. The maximum atomic E-state index is 5.52. The smallest absolute Gasteiger partial charge is 0.217 e. The highest BCUT2D eigenvalue weighted by Crippen LogP contribution is 2.55. The Kier molecular flexibility index (Phi) is 7.16. The number of imidazole rings is 1. The van der Waals surface area contributed by atoms with Crippen molar-refractivity contribution in [3.8, 4) is 11.4 Å². The quantitative estimate of drug-likeness (QED) is 0.174. The molecule has 0 atom stereocenters. The van der Waals surface area contributed by atoms with Gasteiger partial charge in [0, 0.05) is 44.2 Å². The third-order valence-corrected chi connectivity index (χ3v) is 12.8. The average molecular weight is 780 g/mol. The highest BCUT2D eigenvalue weighted by molar-refractivity contribution is 6.19. The Balaban J connectivity index is 1.17. The van der Waals surface area contributed by atoms with Crippen LogP contribution in [0.3, 0.4) is 0 Å². The Labute approximate surface area is 352 Å². The molecule has 0 bridgehead atoms. The summed E-state index contributed by atoms with van der Waals surface area (Å²) in [5.41, 5.74) is 13.8. The van der Waals surface area contributed by atoms with Crippen molar-refractivity contribution < 1.29 is 0 Å². The largest absolute Gasteiger partial charge is 0.309 e. The lowest BCUT2D eigenvalue weighted by Crippen LogP contribution is -2.43. The normalized spacial score (nSPS) is 13.3. The van der Waals surface area contributed by atoms with Crippen LogP contribution in [0.25, 0.3) is 66.0 Å². The number of hydrogen-bond acceptors (Lipinski definition) is 2. The number of fused-ring (bicyclic) bond motifs is 10. The summed E-state index contributed by atoms with van der Waals surface area (Å²) in [6, 6.07) is 81.4. The molecule has 0 amide bonds. The van der Waals surface area contributed by atoms with Gasteiger partial charge in [0.25, 0.3) is 0 Å². The van der Waals surface area contributed by atoms with Crippen molar-refractivity contribution in [3.63, 3.8) is 0 Å². The van der Waals surface area contributed by atoms with Gasteiger partial charge in [0.15, 0.2) is 0 Å². The molecule has 12 aromatic rings. The van der Waals surface area contributed by atoms with Crippen LogP contribution >= 0.6 is 0 Å². The third-order valence-electron chi connectivity index (χ3n) is 12.8. The van der Waals surface area contributed by atoms with E-state index in [2.05, 4.69) is 243 Å². The minimum absolute atomic E-state index is 0.753. The van der Waals surface area contributed by atoms with Crippen LogP contribution in [0.5, 0.6) is 0 Å². The van der Waals surface area contributed by atoms with Gasteiger partial charge in [0.2, 0.25) is 5.95 Å². The van der Waals surface area contributed by atoms with Gasteiger partial charge in [0.1, 0.15) is 5.54 Å². The summed E-state index contributed by atoms with van der Waals surface area (Å²) in [4.78, 5) is 7.88. The number of para-hydroxylation sites is 6. The fourth-order valence-electron chi connectivity index (χ4n) is 10.4. The summed E-state index contributed by atoms with van der Waals surface area (Å²) in [7, 11) is 0. The van der Waals surface area contributed by atoms with Crippen LogP contribution in [0.2, 0.25) is 0 Å². The average Bonchev–Trinajstić information content (AvgIpc) is 3.99. The van der Waals surface area contributed by atoms with Crippen molar-refractivity contribution in [2.45, 2.75) is 5.54 Å². The second-order valence-corrected chi connectivity index (χ2v) is 16.0. The van der Waals surface area contributed by atoms with E-state index in [-0.39, 0.29) is 0 Å². The lowest BCUT2D eigenvalue weighted by atomic mass is 9.74. The zero-order valence-corrected chi connectivity index (χ0v) is 33.1. The summed E-state index contributed by atoms with van der Waals surface area (Å²) in [6.45, 7) is 0. The van der Waals surface area contributed by atoms with Crippen molar-refractivity contribution >= 4 is 72.0 Å². The predicted molar refractivity (Wildman–Crippen MR) is 251 cm³/mol. The van der Waals surface area contributed by atoms with Crippen molar-refractivity contribution in [3.05, 3.63) is 241 Å². The van der Waals surface area contributed by atoms with Crippen LogP contribution in [-0.4, -0.2) is 18.7 Å². The van der Waals surface area contributed by atoms with Crippen molar-refractivity contribution in [1.82, 2.24) is 18.7 Å². The maximum Gasteiger partial charge on any atom is 0.217 e. The van der Waals surface area contributed by atoms with E-state index in [4.69, 9.17) is 4.98 Å². The minimum Gasteiger partial charge on any atom is -0.309 e. The fraction of sp³-hybridized carbons (Fsp3) is 0.0179. The molecule has 3 aromatic heterocycles. The number of benzene rings is 9. The van der Waals surface area contributed by atoms with E-state index >= 15 is 0 Å². The molecule has 0 spiro atoms. The second kappa shape index (κ2) is 12.9. The van der Waals surface area contributed by atoms with Crippen molar-refractivity contribution in [2.24, 2.45) is 0 Å². The van der Waals surface area contributed by atoms with E-state index < -0.39 is 5.54 Å². The summed E-state index contributed by atoms with van der Waals surface area (Å²) in [5, 5.41) is 4.93. The monoisotopic (exact) mass is 779 g/mol. The standard InChI is InChI=1S/C56H37N5/c1-5-19-38(20-6-1)56(39-21-7-2-8-22-39)47-34-33-42(35-54(47)60(41-25-11-4-12-26-41)55-57-48-29-15-18-32-51(48)61(55)56)59-50-31-17-14-28-44(50)46-36-45-43-27-13-16-30-49(43)58(52(45)37-53(46)59)40-23-9-3-10-24-40/h1-37H. The van der Waals surface area contributed by atoms with Crippen molar-refractivity contribution in [2.75, 3.05) is 4.90 Å². The van der Waals surface area contributed by atoms with Crippen LogP contribution in [-0.2, 0) is 5.54 Å². The molecule has 0 radical (unpaired) electrons. The molecular formula is C56H37N5. The molecule has 1 aliphatic rings. The van der Waals surface area contributed by atoms with Gasteiger partial charge in [-0.3, -0.25) is 9.47 Å². The SMILES string of the molecule is c1ccc(N2c3cc(-n4c5ccccc5c5cc6c7ccccc7n(-c7ccccc7)c6cc54)ccc3C(c3ccccc3)(c3ccccc3)n3c2nc2ccccc23)cc1. The molecule has 286 valence electrons. The molecule has 5 heteroatoms. The number of rotatable bonds is 5. The van der Waals surface area contributed by atoms with Gasteiger partial charge in [-0.25, -0.2) is 4.98 Å². The Morgan fingerprint density at radius 1 is 0.344 bits per heavy atom. The Morgan fingerprint density at radius 3 is 1.44 bits per heavy atom. The van der Waals surface area contributed by atoms with E-state index in [1.807, 2.05) is 0 Å². The van der Waals surface area contributed by atoms with Gasteiger partial charge in [-0.1, -0.05) is 152 Å². The van der Waals surface area contributed by atoms with E-state index in [1.165, 1.54) is 49.3 Å². The first-order chi connectivity index (χ1) is 30.3. The topological polar surface area (TPSA) is 30.9 Å². The molecule has 0 aliphatic carbocycles. The van der Waals surface area contributed by atoms with E-state index in [0.717, 1.165) is 50.8 Å². The van der Waals surface area contributed by atoms with Crippen LogP contribution in [0.4, 0.5) is 17.3 Å². The Morgan fingerprint density at radius 2 is 0.836 bits per heavy atom. The van der Waals surface area contributed by atoms with Crippen LogP contribution in [0, 0.1) is 0 Å². The molecule has 9 aromatic carbocycles. The summed E-state index contributed by atoms with van der Waals surface area (Å²) in [6.07, 6.45) is 0. The van der Waals surface area contributed by atoms with Gasteiger partial charge in [0.05, 0.1) is 38.8 Å². The second-order valence-electron chi connectivity index (χ2n) is 16.0. The maximum absolute atomic E-state index is 5.52. The fourth-order valence-corrected chi connectivity index (χ4v) is 10.4.